The second-order valence-electron chi connectivity index (χ2n) is 3.15. The molecule has 0 bridgehead atoms. The summed E-state index contributed by atoms with van der Waals surface area (Å²) in [6.07, 6.45) is 1.58. The Labute approximate surface area is 102 Å². The first-order valence-electron chi connectivity index (χ1n) is 4.55. The van der Waals surface area contributed by atoms with Gasteiger partial charge in [0.05, 0.1) is 6.34 Å². The van der Waals surface area contributed by atoms with Crippen LogP contribution in [0.25, 0.3) is 0 Å². The lowest BCUT2D eigenvalue weighted by molar-refractivity contribution is -0.129. The predicted molar refractivity (Wildman–Crippen MR) is 65.1 cm³/mol. The van der Waals surface area contributed by atoms with E-state index in [1.54, 1.807) is 16.6 Å². The monoisotopic (exact) mass is 256 g/mol. The Kier molecular flexibility index (Phi) is 4.58. The van der Waals surface area contributed by atoms with Crippen molar-refractivity contribution >= 4 is 34.5 Å². The largest absolute Gasteiger partial charge is 0.476 e. The van der Waals surface area contributed by atoms with Gasteiger partial charge in [0, 0.05) is 19.5 Å². The highest BCUT2D eigenvalue weighted by Gasteiger charge is 2.17. The molecule has 8 heteroatoms. The average Bonchev–Trinajstić information content (AvgIpc) is 2.71. The van der Waals surface area contributed by atoms with E-state index in [0.29, 0.717) is 5.13 Å². The molecule has 0 radical (unpaired) electrons. The van der Waals surface area contributed by atoms with E-state index in [2.05, 4.69) is 20.0 Å². The van der Waals surface area contributed by atoms with Gasteiger partial charge in [0.15, 0.2) is 0 Å². The maximum Gasteiger partial charge on any atom is 0.360 e. The van der Waals surface area contributed by atoms with E-state index in [0.717, 1.165) is 0 Å². The van der Waals surface area contributed by atoms with E-state index in [4.69, 9.17) is 5.11 Å². The summed E-state index contributed by atoms with van der Waals surface area (Å²) in [5.74, 6) is -1.19. The van der Waals surface area contributed by atoms with Gasteiger partial charge in [-0.3, -0.25) is 0 Å². The minimum Gasteiger partial charge on any atom is -0.476 e. The molecular formula is C9H12N4O3S. The number of carbonyl (C=O) groups is 1. The van der Waals surface area contributed by atoms with Crippen LogP contribution in [0.2, 0.25) is 0 Å². The molecule has 92 valence electrons. The zero-order chi connectivity index (χ0) is 12.8. The summed E-state index contributed by atoms with van der Waals surface area (Å²) in [5.41, 5.74) is -0.00897. The molecule has 1 aromatic rings. The summed E-state index contributed by atoms with van der Waals surface area (Å²) in [6.45, 7) is 0. The maximum absolute atomic E-state index is 10.9. The molecule has 7 nitrogen and oxygen atoms in total. The van der Waals surface area contributed by atoms with Crippen molar-refractivity contribution in [2.45, 2.75) is 0 Å². The highest BCUT2D eigenvalue weighted by molar-refractivity contribution is 7.13. The van der Waals surface area contributed by atoms with E-state index in [-0.39, 0.29) is 11.4 Å². The van der Waals surface area contributed by atoms with Crippen molar-refractivity contribution in [3.05, 3.63) is 11.1 Å². The van der Waals surface area contributed by atoms with Crippen molar-refractivity contribution in [2.24, 2.45) is 10.1 Å². The molecule has 0 atom stereocenters. The van der Waals surface area contributed by atoms with Crippen molar-refractivity contribution in [1.29, 1.82) is 0 Å². The zero-order valence-electron chi connectivity index (χ0n) is 9.62. The Morgan fingerprint density at radius 3 is 2.88 bits per heavy atom. The molecule has 0 aliphatic heterocycles. The number of hydrogen-bond donors (Lipinski definition) is 1. The van der Waals surface area contributed by atoms with Gasteiger partial charge >= 0.3 is 5.97 Å². The van der Waals surface area contributed by atoms with Gasteiger partial charge < -0.3 is 14.8 Å². The maximum atomic E-state index is 10.9. The number of carboxylic acids is 1. The number of aliphatic carboxylic acids is 1. The molecule has 0 aliphatic rings. The number of carboxylic acid groups (broad SMARTS) is 1. The first kappa shape index (κ1) is 13.1. The molecule has 0 saturated heterocycles. The number of aliphatic imine (C=N–C) groups is 1. The highest BCUT2D eigenvalue weighted by Crippen LogP contribution is 2.19. The molecule has 0 amide bonds. The minimum absolute atomic E-state index is 0.232. The second kappa shape index (κ2) is 5.94. The van der Waals surface area contributed by atoms with E-state index in [1.807, 2.05) is 14.1 Å². The topological polar surface area (TPSA) is 87.4 Å². The standard InChI is InChI=1S/C9H12N4O3S/c1-13(2)5-10-9-11-6(4-17-9)7(8(14)15)12-16-3/h4-5H,1-3H3,(H,14,15)/b10-5?,12-7+. The third kappa shape index (κ3) is 3.83. The van der Waals surface area contributed by atoms with Crippen LogP contribution < -0.4 is 0 Å². The molecule has 1 heterocycles. The Morgan fingerprint density at radius 1 is 1.65 bits per heavy atom. The van der Waals surface area contributed by atoms with Crippen LogP contribution in [-0.4, -0.2) is 54.2 Å². The van der Waals surface area contributed by atoms with Crippen molar-refractivity contribution in [1.82, 2.24) is 9.88 Å². The third-order valence-corrected chi connectivity index (χ3v) is 2.27. The Hall–Kier alpha value is -1.96. The molecule has 1 N–H and O–H groups in total. The third-order valence-electron chi connectivity index (χ3n) is 1.52. The molecule has 1 aromatic heterocycles. The van der Waals surface area contributed by atoms with Crippen molar-refractivity contribution in [2.75, 3.05) is 21.2 Å². The minimum atomic E-state index is -1.19. The van der Waals surface area contributed by atoms with Crippen LogP contribution >= 0.6 is 11.3 Å². The predicted octanol–water partition coefficient (Wildman–Crippen LogP) is 0.800. The summed E-state index contributed by atoms with van der Waals surface area (Å²) in [4.78, 5) is 25.1. The van der Waals surface area contributed by atoms with E-state index in [1.165, 1.54) is 18.4 Å². The lowest BCUT2D eigenvalue weighted by atomic mass is 10.3. The van der Waals surface area contributed by atoms with Crippen LogP contribution in [0.3, 0.4) is 0 Å². The average molecular weight is 256 g/mol. The molecule has 0 saturated carbocycles. The van der Waals surface area contributed by atoms with Crippen molar-refractivity contribution in [3.8, 4) is 0 Å². The van der Waals surface area contributed by atoms with Crippen molar-refractivity contribution < 1.29 is 14.7 Å². The lowest BCUT2D eigenvalue weighted by Crippen LogP contribution is -2.15. The first-order valence-corrected chi connectivity index (χ1v) is 5.43. The molecule has 0 spiro atoms. The molecule has 1 rings (SSSR count). The molecule has 17 heavy (non-hydrogen) atoms. The summed E-state index contributed by atoms with van der Waals surface area (Å²) in [7, 11) is 4.93. The van der Waals surface area contributed by atoms with E-state index in [9.17, 15) is 4.79 Å². The lowest BCUT2D eigenvalue weighted by Gasteiger charge is -1.99. The first-order chi connectivity index (χ1) is 8.04. The van der Waals surface area contributed by atoms with Gasteiger partial charge in [-0.1, -0.05) is 5.16 Å². The molecule has 0 fully saturated rings. The van der Waals surface area contributed by atoms with Gasteiger partial charge in [-0.05, 0) is 0 Å². The second-order valence-corrected chi connectivity index (χ2v) is 3.99. The number of hydrogen-bond acceptors (Lipinski definition) is 6. The van der Waals surface area contributed by atoms with Gasteiger partial charge in [-0.2, -0.15) is 0 Å². The fourth-order valence-electron chi connectivity index (χ4n) is 0.884. The molecular weight excluding hydrogens is 244 g/mol. The zero-order valence-corrected chi connectivity index (χ0v) is 10.4. The Bertz CT molecular complexity index is 453. The Morgan fingerprint density at radius 2 is 2.35 bits per heavy atom. The van der Waals surface area contributed by atoms with Gasteiger partial charge in [-0.25, -0.2) is 14.8 Å². The van der Waals surface area contributed by atoms with Crippen LogP contribution in [0, 0.1) is 0 Å². The molecule has 0 aliphatic carbocycles. The number of nitrogens with zero attached hydrogens (tertiary/aromatic N) is 4. The number of rotatable bonds is 5. The van der Waals surface area contributed by atoms with E-state index >= 15 is 0 Å². The van der Waals surface area contributed by atoms with Crippen LogP contribution in [0.4, 0.5) is 5.13 Å². The van der Waals surface area contributed by atoms with Crippen LogP contribution in [0.1, 0.15) is 5.69 Å². The van der Waals surface area contributed by atoms with Gasteiger partial charge in [0.25, 0.3) is 0 Å². The fourth-order valence-corrected chi connectivity index (χ4v) is 1.52. The van der Waals surface area contributed by atoms with Crippen LogP contribution in [-0.2, 0) is 9.63 Å². The number of oxime groups is 1. The quantitative estimate of drug-likeness (QED) is 0.478. The summed E-state index contributed by atoms with van der Waals surface area (Å²) in [5, 5.41) is 14.3. The normalized spacial score (nSPS) is 11.8. The van der Waals surface area contributed by atoms with Crippen LogP contribution in [0.5, 0.6) is 0 Å². The smallest absolute Gasteiger partial charge is 0.360 e. The van der Waals surface area contributed by atoms with Crippen LogP contribution in [0.15, 0.2) is 15.5 Å². The number of aromatic nitrogens is 1. The molecule has 0 aromatic carbocycles. The SMILES string of the molecule is CO/N=C(/C(=O)O)c1csc(N=CN(C)C)n1. The molecule has 0 unspecified atom stereocenters. The summed E-state index contributed by atoms with van der Waals surface area (Å²) in [6, 6.07) is 0. The Balaban J connectivity index is 2.93. The fraction of sp³-hybridized carbons (Fsp3) is 0.333. The van der Waals surface area contributed by atoms with Gasteiger partial charge in [0.2, 0.25) is 10.8 Å². The summed E-state index contributed by atoms with van der Waals surface area (Å²) >= 11 is 1.23. The van der Waals surface area contributed by atoms with Gasteiger partial charge in [0.1, 0.15) is 12.8 Å². The summed E-state index contributed by atoms with van der Waals surface area (Å²) < 4.78 is 0. The highest BCUT2D eigenvalue weighted by atomic mass is 32.1. The van der Waals surface area contributed by atoms with E-state index < -0.39 is 5.97 Å². The van der Waals surface area contributed by atoms with Gasteiger partial charge in [-0.15, -0.1) is 11.3 Å². The van der Waals surface area contributed by atoms with Crippen molar-refractivity contribution in [3.63, 3.8) is 0 Å². The number of thiazole rings is 1.